The molecule has 5 heteroatoms. The van der Waals surface area contributed by atoms with Crippen LogP contribution in [0.2, 0.25) is 0 Å². The summed E-state index contributed by atoms with van der Waals surface area (Å²) >= 11 is 0. The average molecular weight is 267 g/mol. The molecule has 0 fully saturated rings. The normalized spacial score (nSPS) is 10.8. The van der Waals surface area contributed by atoms with Crippen LogP contribution in [-0.4, -0.2) is 28.9 Å². The van der Waals surface area contributed by atoms with Gasteiger partial charge in [0, 0.05) is 13.1 Å². The number of rotatable bonds is 6. The molecular formula is C14H22FN3O. The highest BCUT2D eigenvalue weighted by atomic mass is 19.1. The number of carbonyl (C=O) groups is 1. The number of amides is 1. The van der Waals surface area contributed by atoms with E-state index in [2.05, 4.69) is 18.8 Å². The molecule has 1 rings (SSSR count). The molecule has 19 heavy (non-hydrogen) atoms. The van der Waals surface area contributed by atoms with E-state index < -0.39 is 5.82 Å². The summed E-state index contributed by atoms with van der Waals surface area (Å²) in [6, 6.07) is 1.15. The second-order valence-electron chi connectivity index (χ2n) is 4.61. The molecule has 0 bridgehead atoms. The van der Waals surface area contributed by atoms with Crippen LogP contribution in [0, 0.1) is 11.7 Å². The van der Waals surface area contributed by atoms with E-state index >= 15 is 0 Å². The lowest BCUT2D eigenvalue weighted by molar-refractivity contribution is 0.0735. The first-order valence-corrected chi connectivity index (χ1v) is 6.73. The van der Waals surface area contributed by atoms with Crippen molar-refractivity contribution in [2.45, 2.75) is 33.6 Å². The van der Waals surface area contributed by atoms with Crippen molar-refractivity contribution in [3.05, 3.63) is 23.6 Å². The van der Waals surface area contributed by atoms with Gasteiger partial charge in [0.25, 0.3) is 5.91 Å². The van der Waals surface area contributed by atoms with E-state index in [1.807, 2.05) is 6.92 Å². The number of anilines is 1. The second kappa shape index (κ2) is 7.07. The maximum Gasteiger partial charge on any atom is 0.257 e. The molecule has 1 aromatic rings. The second-order valence-corrected chi connectivity index (χ2v) is 4.61. The van der Waals surface area contributed by atoms with Crippen LogP contribution in [0.15, 0.2) is 12.3 Å². The SMILES string of the molecule is CCC(CC)CN(CC)C(=O)c1cc(F)cnc1N. The molecule has 0 saturated heterocycles. The van der Waals surface area contributed by atoms with E-state index in [1.165, 1.54) is 0 Å². The molecule has 106 valence electrons. The Kier molecular flexibility index (Phi) is 5.73. The molecule has 0 unspecified atom stereocenters. The Morgan fingerprint density at radius 3 is 2.58 bits per heavy atom. The molecule has 0 aliphatic carbocycles. The molecule has 0 atom stereocenters. The molecule has 1 heterocycles. The van der Waals surface area contributed by atoms with Gasteiger partial charge in [0.2, 0.25) is 0 Å². The van der Waals surface area contributed by atoms with E-state index in [9.17, 15) is 9.18 Å². The van der Waals surface area contributed by atoms with Gasteiger partial charge in [-0.25, -0.2) is 9.37 Å². The third kappa shape index (κ3) is 3.91. The number of nitrogens with zero attached hydrogens (tertiary/aromatic N) is 2. The van der Waals surface area contributed by atoms with Crippen LogP contribution in [0.25, 0.3) is 0 Å². The molecule has 0 aliphatic rings. The molecule has 1 amide bonds. The highest BCUT2D eigenvalue weighted by Gasteiger charge is 2.20. The largest absolute Gasteiger partial charge is 0.383 e. The van der Waals surface area contributed by atoms with Crippen LogP contribution in [0.3, 0.4) is 0 Å². The first kappa shape index (κ1) is 15.4. The van der Waals surface area contributed by atoms with Crippen molar-refractivity contribution in [1.29, 1.82) is 0 Å². The number of halogens is 1. The van der Waals surface area contributed by atoms with E-state index in [4.69, 9.17) is 5.73 Å². The zero-order chi connectivity index (χ0) is 14.4. The van der Waals surface area contributed by atoms with E-state index in [-0.39, 0.29) is 17.3 Å². The van der Waals surface area contributed by atoms with Gasteiger partial charge >= 0.3 is 0 Å². The van der Waals surface area contributed by atoms with E-state index in [1.54, 1.807) is 4.90 Å². The van der Waals surface area contributed by atoms with Gasteiger partial charge in [-0.2, -0.15) is 0 Å². The third-order valence-corrected chi connectivity index (χ3v) is 3.42. The molecule has 0 aromatic carbocycles. The Morgan fingerprint density at radius 2 is 2.05 bits per heavy atom. The number of nitrogen functional groups attached to an aromatic ring is 1. The third-order valence-electron chi connectivity index (χ3n) is 3.42. The Hall–Kier alpha value is -1.65. The van der Waals surface area contributed by atoms with Crippen molar-refractivity contribution in [2.75, 3.05) is 18.8 Å². The van der Waals surface area contributed by atoms with Gasteiger partial charge in [-0.15, -0.1) is 0 Å². The smallest absolute Gasteiger partial charge is 0.257 e. The number of aromatic nitrogens is 1. The molecule has 2 N–H and O–H groups in total. The maximum atomic E-state index is 13.2. The molecule has 1 aromatic heterocycles. The van der Waals surface area contributed by atoms with Crippen LogP contribution in [0.4, 0.5) is 10.2 Å². The zero-order valence-electron chi connectivity index (χ0n) is 11.8. The summed E-state index contributed by atoms with van der Waals surface area (Å²) in [5, 5.41) is 0. The molecule has 0 aliphatic heterocycles. The van der Waals surface area contributed by atoms with Gasteiger partial charge in [0.05, 0.1) is 11.8 Å². The lowest BCUT2D eigenvalue weighted by Crippen LogP contribution is -2.35. The van der Waals surface area contributed by atoms with Crippen molar-refractivity contribution in [2.24, 2.45) is 5.92 Å². The maximum absolute atomic E-state index is 13.2. The van der Waals surface area contributed by atoms with Gasteiger partial charge in [-0.3, -0.25) is 4.79 Å². The van der Waals surface area contributed by atoms with Gasteiger partial charge in [0.15, 0.2) is 0 Å². The van der Waals surface area contributed by atoms with Crippen LogP contribution in [0.1, 0.15) is 44.0 Å². The number of hydrogen-bond acceptors (Lipinski definition) is 3. The summed E-state index contributed by atoms with van der Waals surface area (Å²) < 4.78 is 13.2. The fourth-order valence-corrected chi connectivity index (χ4v) is 2.01. The summed E-state index contributed by atoms with van der Waals surface area (Å²) in [6.07, 6.45) is 3.04. The van der Waals surface area contributed by atoms with Crippen LogP contribution >= 0.6 is 0 Å². The predicted octanol–water partition coefficient (Wildman–Crippen LogP) is 2.70. The standard InChI is InChI=1S/C14H22FN3O/c1-4-10(5-2)9-18(6-3)14(19)12-7-11(15)8-17-13(12)16/h7-8,10H,4-6,9H2,1-3H3,(H2,16,17). The fraction of sp³-hybridized carbons (Fsp3) is 0.571. The minimum atomic E-state index is -0.545. The first-order valence-electron chi connectivity index (χ1n) is 6.73. The van der Waals surface area contributed by atoms with E-state index in [0.29, 0.717) is 19.0 Å². The molecule has 4 nitrogen and oxygen atoms in total. The molecular weight excluding hydrogens is 245 g/mol. The summed E-state index contributed by atoms with van der Waals surface area (Å²) in [7, 11) is 0. The van der Waals surface area contributed by atoms with Gasteiger partial charge < -0.3 is 10.6 Å². The predicted molar refractivity (Wildman–Crippen MR) is 74.3 cm³/mol. The average Bonchev–Trinajstić information content (AvgIpc) is 2.42. The summed E-state index contributed by atoms with van der Waals surface area (Å²) in [6.45, 7) is 7.35. The van der Waals surface area contributed by atoms with Crippen LogP contribution < -0.4 is 5.73 Å². The number of nitrogens with two attached hydrogens (primary N) is 1. The number of hydrogen-bond donors (Lipinski definition) is 1. The zero-order valence-corrected chi connectivity index (χ0v) is 11.8. The van der Waals surface area contributed by atoms with Crippen molar-refractivity contribution in [3.63, 3.8) is 0 Å². The Labute approximate surface area is 113 Å². The van der Waals surface area contributed by atoms with Crippen molar-refractivity contribution < 1.29 is 9.18 Å². The van der Waals surface area contributed by atoms with Gasteiger partial charge in [-0.05, 0) is 18.9 Å². The van der Waals surface area contributed by atoms with Crippen molar-refractivity contribution >= 4 is 11.7 Å². The number of carbonyl (C=O) groups excluding carboxylic acids is 1. The van der Waals surface area contributed by atoms with Crippen molar-refractivity contribution in [1.82, 2.24) is 9.88 Å². The lowest BCUT2D eigenvalue weighted by atomic mass is 10.0. The topological polar surface area (TPSA) is 59.2 Å². The molecule has 0 saturated carbocycles. The molecule has 0 radical (unpaired) electrons. The Morgan fingerprint density at radius 1 is 1.42 bits per heavy atom. The quantitative estimate of drug-likeness (QED) is 0.862. The monoisotopic (exact) mass is 267 g/mol. The lowest BCUT2D eigenvalue weighted by Gasteiger charge is -2.25. The Balaban J connectivity index is 2.92. The minimum Gasteiger partial charge on any atom is -0.383 e. The highest BCUT2D eigenvalue weighted by Crippen LogP contribution is 2.16. The summed E-state index contributed by atoms with van der Waals surface area (Å²) in [5.41, 5.74) is 5.80. The minimum absolute atomic E-state index is 0.0781. The fourth-order valence-electron chi connectivity index (χ4n) is 2.01. The van der Waals surface area contributed by atoms with Crippen molar-refractivity contribution in [3.8, 4) is 0 Å². The van der Waals surface area contributed by atoms with Crippen LogP contribution in [0.5, 0.6) is 0 Å². The molecule has 0 spiro atoms. The van der Waals surface area contributed by atoms with Crippen LogP contribution in [-0.2, 0) is 0 Å². The van der Waals surface area contributed by atoms with E-state index in [0.717, 1.165) is 25.1 Å². The number of pyridine rings is 1. The summed E-state index contributed by atoms with van der Waals surface area (Å²) in [4.78, 5) is 17.7. The highest BCUT2D eigenvalue weighted by molar-refractivity contribution is 5.98. The van der Waals surface area contributed by atoms with Gasteiger partial charge in [0.1, 0.15) is 11.6 Å². The van der Waals surface area contributed by atoms with Gasteiger partial charge in [-0.1, -0.05) is 26.7 Å². The first-order chi connectivity index (χ1) is 9.03. The summed E-state index contributed by atoms with van der Waals surface area (Å²) in [5.74, 6) is -0.268. The Bertz CT molecular complexity index is 433.